The van der Waals surface area contributed by atoms with Crippen LogP contribution in [0.4, 0.5) is 0 Å². The molecule has 180 valence electrons. The number of quaternary nitrogens is 1. The number of aromatic hydroxyl groups is 2. The van der Waals surface area contributed by atoms with Crippen molar-refractivity contribution in [1.82, 2.24) is 4.90 Å². The van der Waals surface area contributed by atoms with Gasteiger partial charge in [0.1, 0.15) is 31.1 Å². The number of hydrogen-bond acceptors (Lipinski definition) is 5. The summed E-state index contributed by atoms with van der Waals surface area (Å²) in [7, 11) is 0. The van der Waals surface area contributed by atoms with Crippen molar-refractivity contribution in [2.24, 2.45) is 0 Å². The number of ether oxygens (including phenoxy) is 2. The van der Waals surface area contributed by atoms with E-state index >= 15 is 0 Å². The lowest BCUT2D eigenvalue weighted by atomic mass is 9.77. The van der Waals surface area contributed by atoms with Crippen molar-refractivity contribution in [2.45, 2.75) is 32.4 Å². The van der Waals surface area contributed by atoms with Gasteiger partial charge in [-0.05, 0) is 35.4 Å². The second-order valence-electron chi connectivity index (χ2n) is 9.48. The first-order valence-corrected chi connectivity index (χ1v) is 12.3. The summed E-state index contributed by atoms with van der Waals surface area (Å²) in [6.45, 7) is 11.8. The summed E-state index contributed by atoms with van der Waals surface area (Å²) in [4.78, 5) is 3.62. The maximum Gasteiger partial charge on any atom is 0.143 e. The number of phenolic OH excluding ortho intramolecular Hbond substituents is 2. The summed E-state index contributed by atoms with van der Waals surface area (Å²) in [5, 5.41) is 22.0. The van der Waals surface area contributed by atoms with Crippen LogP contribution in [0.2, 0.25) is 10.0 Å². The third-order valence-electron chi connectivity index (χ3n) is 6.87. The first-order valence-electron chi connectivity index (χ1n) is 11.5. The molecule has 0 aliphatic carbocycles. The number of rotatable bonds is 6. The van der Waals surface area contributed by atoms with Crippen molar-refractivity contribution in [3.05, 3.63) is 56.6 Å². The zero-order valence-corrected chi connectivity index (χ0v) is 20.8. The summed E-state index contributed by atoms with van der Waals surface area (Å²) in [6, 6.07) is 7.74. The minimum Gasteiger partial charge on any atom is -0.506 e. The second kappa shape index (κ2) is 10.4. The van der Waals surface area contributed by atoms with Crippen molar-refractivity contribution in [1.29, 1.82) is 0 Å². The Kier molecular flexibility index (Phi) is 7.73. The molecule has 6 nitrogen and oxygen atoms in total. The molecule has 2 aliphatic heterocycles. The number of nitrogens with one attached hydrogen (secondary N) is 1. The molecule has 0 radical (unpaired) electrons. The van der Waals surface area contributed by atoms with E-state index in [0.717, 1.165) is 61.6 Å². The van der Waals surface area contributed by atoms with Gasteiger partial charge < -0.3 is 24.6 Å². The van der Waals surface area contributed by atoms with Gasteiger partial charge in [0.15, 0.2) is 0 Å². The molecule has 4 rings (SSSR count). The lowest BCUT2D eigenvalue weighted by Gasteiger charge is -2.31. The Bertz CT molecular complexity index is 909. The van der Waals surface area contributed by atoms with Crippen LogP contribution in [0.1, 0.15) is 36.1 Å². The third kappa shape index (κ3) is 5.59. The van der Waals surface area contributed by atoms with Gasteiger partial charge in [0.2, 0.25) is 0 Å². The van der Waals surface area contributed by atoms with Crippen molar-refractivity contribution >= 4 is 23.2 Å². The molecule has 0 unspecified atom stereocenters. The molecule has 0 spiro atoms. The Morgan fingerprint density at radius 3 is 1.97 bits per heavy atom. The van der Waals surface area contributed by atoms with Crippen molar-refractivity contribution in [3.8, 4) is 11.5 Å². The second-order valence-corrected chi connectivity index (χ2v) is 10.3. The Morgan fingerprint density at radius 2 is 1.36 bits per heavy atom. The van der Waals surface area contributed by atoms with Gasteiger partial charge in [-0.2, -0.15) is 0 Å². The van der Waals surface area contributed by atoms with Crippen LogP contribution in [-0.4, -0.2) is 67.7 Å². The number of nitrogens with zero attached hydrogens (tertiary/aromatic N) is 1. The fourth-order valence-corrected chi connectivity index (χ4v) is 5.04. The quantitative estimate of drug-likeness (QED) is 0.574. The molecule has 0 atom stereocenters. The van der Waals surface area contributed by atoms with Crippen LogP contribution in [-0.2, 0) is 28.0 Å². The van der Waals surface area contributed by atoms with Crippen LogP contribution in [0.15, 0.2) is 24.3 Å². The van der Waals surface area contributed by atoms with Gasteiger partial charge in [0.25, 0.3) is 0 Å². The summed E-state index contributed by atoms with van der Waals surface area (Å²) in [5.41, 5.74) is 3.17. The number of benzene rings is 2. The largest absolute Gasteiger partial charge is 0.506 e. The molecule has 8 heteroatoms. The van der Waals surface area contributed by atoms with Crippen LogP contribution in [0, 0.1) is 0 Å². The Morgan fingerprint density at radius 1 is 0.848 bits per heavy atom. The molecule has 2 aromatic carbocycles. The van der Waals surface area contributed by atoms with Crippen LogP contribution in [0.3, 0.4) is 0 Å². The van der Waals surface area contributed by atoms with Gasteiger partial charge in [-0.25, -0.2) is 0 Å². The SMILES string of the molecule is CC(C)(c1cc(Cl)c(O)c(CN2CCOCC2)c1)c1cc(Cl)c(O)c(C[NH+]2CCOCC2)c1. The molecule has 2 fully saturated rings. The number of morpholine rings is 2. The molecule has 3 N–H and O–H groups in total. The molecule has 0 bridgehead atoms. The zero-order chi connectivity index (χ0) is 23.6. The summed E-state index contributed by atoms with van der Waals surface area (Å²) in [6.07, 6.45) is 0. The average Bonchev–Trinajstić information content (AvgIpc) is 2.81. The lowest BCUT2D eigenvalue weighted by molar-refractivity contribution is -0.921. The molecular weight excluding hydrogens is 463 g/mol. The first kappa shape index (κ1) is 24.6. The number of hydrogen-bond donors (Lipinski definition) is 3. The van der Waals surface area contributed by atoms with Crippen molar-refractivity contribution < 1.29 is 24.6 Å². The third-order valence-corrected chi connectivity index (χ3v) is 7.44. The van der Waals surface area contributed by atoms with E-state index in [1.165, 1.54) is 4.90 Å². The van der Waals surface area contributed by atoms with E-state index in [0.29, 0.717) is 36.3 Å². The predicted molar refractivity (Wildman–Crippen MR) is 130 cm³/mol. The van der Waals surface area contributed by atoms with Crippen LogP contribution >= 0.6 is 23.2 Å². The Labute approximate surface area is 205 Å². The molecular formula is C25H33Cl2N2O4+. The van der Waals surface area contributed by atoms with E-state index in [1.807, 2.05) is 24.3 Å². The molecule has 0 aromatic heterocycles. The average molecular weight is 496 g/mol. The molecule has 2 aromatic rings. The minimum absolute atomic E-state index is 0.128. The monoisotopic (exact) mass is 495 g/mol. The maximum absolute atomic E-state index is 10.6. The number of phenols is 2. The molecule has 33 heavy (non-hydrogen) atoms. The van der Waals surface area contributed by atoms with E-state index in [2.05, 4.69) is 18.7 Å². The highest BCUT2D eigenvalue weighted by Crippen LogP contribution is 2.41. The summed E-state index contributed by atoms with van der Waals surface area (Å²) < 4.78 is 10.9. The first-order chi connectivity index (χ1) is 15.8. The minimum atomic E-state index is -0.441. The lowest BCUT2D eigenvalue weighted by Crippen LogP contribution is -3.12. The highest BCUT2D eigenvalue weighted by molar-refractivity contribution is 6.32. The fourth-order valence-electron chi connectivity index (χ4n) is 4.56. The normalized spacial score (nSPS) is 18.5. The summed E-state index contributed by atoms with van der Waals surface area (Å²) >= 11 is 13.0. The highest BCUT2D eigenvalue weighted by atomic mass is 35.5. The van der Waals surface area contributed by atoms with E-state index in [-0.39, 0.29) is 11.5 Å². The van der Waals surface area contributed by atoms with Gasteiger partial charge >= 0.3 is 0 Å². The number of halogens is 2. The van der Waals surface area contributed by atoms with E-state index in [9.17, 15) is 10.2 Å². The van der Waals surface area contributed by atoms with E-state index in [1.54, 1.807) is 0 Å². The van der Waals surface area contributed by atoms with Crippen molar-refractivity contribution in [2.75, 3.05) is 52.6 Å². The van der Waals surface area contributed by atoms with Gasteiger partial charge in [0, 0.05) is 36.2 Å². The standard InChI is InChI=1S/C25H32Cl2N2O4/c1-25(2,19-11-17(23(30)21(26)13-19)15-28-3-7-32-8-4-28)20-12-18(24(31)22(27)14-20)16-29-5-9-33-10-6-29/h11-14,30-31H,3-10,15-16H2,1-2H3/p+1. The molecule has 0 saturated carbocycles. The Balaban J connectivity index is 1.65. The smallest absolute Gasteiger partial charge is 0.143 e. The van der Waals surface area contributed by atoms with Gasteiger partial charge in [-0.15, -0.1) is 0 Å². The van der Waals surface area contributed by atoms with Gasteiger partial charge in [-0.3, -0.25) is 4.90 Å². The molecule has 2 saturated heterocycles. The zero-order valence-electron chi connectivity index (χ0n) is 19.3. The highest BCUT2D eigenvalue weighted by Gasteiger charge is 2.29. The predicted octanol–water partition coefficient (Wildman–Crippen LogP) is 2.98. The molecule has 2 aliphatic rings. The topological polar surface area (TPSA) is 66.6 Å². The fraction of sp³-hybridized carbons (Fsp3) is 0.520. The van der Waals surface area contributed by atoms with E-state index in [4.69, 9.17) is 32.7 Å². The Hall–Kier alpha value is -1.54. The molecule has 2 heterocycles. The van der Waals surface area contributed by atoms with Crippen LogP contribution in [0.25, 0.3) is 0 Å². The van der Waals surface area contributed by atoms with E-state index < -0.39 is 5.41 Å². The van der Waals surface area contributed by atoms with Gasteiger partial charge in [0.05, 0.1) is 36.5 Å². The molecule has 0 amide bonds. The van der Waals surface area contributed by atoms with Gasteiger partial charge in [-0.1, -0.05) is 37.0 Å². The van der Waals surface area contributed by atoms with Crippen molar-refractivity contribution in [3.63, 3.8) is 0 Å². The maximum atomic E-state index is 10.6. The van der Waals surface area contributed by atoms with Crippen LogP contribution in [0.5, 0.6) is 11.5 Å². The summed E-state index contributed by atoms with van der Waals surface area (Å²) in [5.74, 6) is 0.273. The van der Waals surface area contributed by atoms with Crippen LogP contribution < -0.4 is 4.90 Å².